The van der Waals surface area contributed by atoms with Crippen molar-refractivity contribution >= 4 is 33.9 Å². The number of nitrogens with one attached hydrogen (secondary N) is 2. The maximum atomic E-state index is 5.57. The van der Waals surface area contributed by atoms with Crippen LogP contribution in [0.2, 0.25) is 0 Å². The van der Waals surface area contributed by atoms with Gasteiger partial charge < -0.3 is 10.1 Å². The summed E-state index contributed by atoms with van der Waals surface area (Å²) in [6, 6.07) is 6.10. The van der Waals surface area contributed by atoms with E-state index in [1.165, 1.54) is 12.1 Å². The second-order valence-electron chi connectivity index (χ2n) is 4.86. The molecule has 3 heterocycles. The number of pyridine rings is 1. The van der Waals surface area contributed by atoms with Gasteiger partial charge in [-0.25, -0.2) is 9.38 Å². The van der Waals surface area contributed by atoms with Crippen LogP contribution in [0.4, 0.5) is 0 Å². The molecule has 1 aliphatic rings. The van der Waals surface area contributed by atoms with Crippen LogP contribution in [0.3, 0.4) is 0 Å². The van der Waals surface area contributed by atoms with Gasteiger partial charge in [-0.15, -0.1) is 0 Å². The molecule has 1 saturated heterocycles. The number of rotatable bonds is 4. The van der Waals surface area contributed by atoms with Gasteiger partial charge in [0.25, 0.3) is 5.65 Å². The number of H-pyrrole nitrogens is 1. The van der Waals surface area contributed by atoms with Crippen LogP contribution in [-0.2, 0) is 10.5 Å². The highest BCUT2D eigenvalue weighted by Gasteiger charge is 2.15. The van der Waals surface area contributed by atoms with Crippen LogP contribution in [0.5, 0.6) is 0 Å². The van der Waals surface area contributed by atoms with Crippen LogP contribution in [0, 0.1) is 0 Å². The number of aromatic amines is 1. The third-order valence-corrected chi connectivity index (χ3v) is 4.69. The Morgan fingerprint density at radius 2 is 2.50 bits per heavy atom. The topological polar surface area (TPSA) is 41.1 Å². The van der Waals surface area contributed by atoms with Crippen LogP contribution in [0.25, 0.3) is 5.65 Å². The van der Waals surface area contributed by atoms with Gasteiger partial charge in [-0.05, 0) is 18.9 Å². The first-order valence-electron chi connectivity index (χ1n) is 6.81. The van der Waals surface area contributed by atoms with Crippen molar-refractivity contribution in [2.24, 2.45) is 0 Å². The molecular formula is C14H18N3OS2+. The van der Waals surface area contributed by atoms with E-state index in [-0.39, 0.29) is 0 Å². The fraction of sp³-hybridized carbons (Fsp3) is 0.429. The lowest BCUT2D eigenvalue weighted by Gasteiger charge is -2.11. The Kier molecular flexibility index (Phi) is 4.54. The summed E-state index contributed by atoms with van der Waals surface area (Å²) in [5.74, 6) is 0.846. The van der Waals surface area contributed by atoms with Gasteiger partial charge in [0.05, 0.1) is 18.1 Å². The van der Waals surface area contributed by atoms with E-state index >= 15 is 0 Å². The lowest BCUT2D eigenvalue weighted by Crippen LogP contribution is -2.28. The summed E-state index contributed by atoms with van der Waals surface area (Å²) in [7, 11) is 0. The smallest absolute Gasteiger partial charge is 0.284 e. The van der Waals surface area contributed by atoms with Gasteiger partial charge in [0.2, 0.25) is 0 Å². The fourth-order valence-electron chi connectivity index (χ4n) is 2.31. The SMILES string of the molecule is S=C(NCC1CCCO1)SCc1c[n+]2ccccc2[nH]1. The summed E-state index contributed by atoms with van der Waals surface area (Å²) >= 11 is 6.99. The third-order valence-electron chi connectivity index (χ3n) is 3.33. The van der Waals surface area contributed by atoms with Crippen molar-refractivity contribution < 1.29 is 9.14 Å². The standard InChI is InChI=1S/C14H17N3OS2/c19-14(15-8-12-4-3-7-18-12)20-10-11-9-17-6-2-1-5-13(17)16-11/h1-2,5-6,9,12H,3-4,7-8,10H2,(H,15,19)/p+1. The monoisotopic (exact) mass is 308 g/mol. The maximum absolute atomic E-state index is 5.57. The van der Waals surface area contributed by atoms with Crippen LogP contribution < -0.4 is 9.72 Å². The van der Waals surface area contributed by atoms with Crippen LogP contribution >= 0.6 is 24.0 Å². The molecule has 2 aromatic rings. The quantitative estimate of drug-likeness (QED) is 0.670. The molecule has 0 amide bonds. The molecule has 20 heavy (non-hydrogen) atoms. The summed E-state index contributed by atoms with van der Waals surface area (Å²) in [6.07, 6.45) is 6.77. The Hall–Kier alpha value is -1.11. The molecule has 1 fully saturated rings. The molecule has 0 radical (unpaired) electrons. The molecule has 0 aliphatic carbocycles. The second kappa shape index (κ2) is 6.56. The highest BCUT2D eigenvalue weighted by Crippen LogP contribution is 2.13. The summed E-state index contributed by atoms with van der Waals surface area (Å²) < 4.78 is 8.48. The molecule has 1 atom stereocenters. The lowest BCUT2D eigenvalue weighted by molar-refractivity contribution is -0.510. The first-order valence-corrected chi connectivity index (χ1v) is 8.21. The molecule has 3 rings (SSSR count). The van der Waals surface area contributed by atoms with E-state index < -0.39 is 0 Å². The number of nitrogens with zero attached hydrogens (tertiary/aromatic N) is 1. The second-order valence-corrected chi connectivity index (χ2v) is 6.52. The van der Waals surface area contributed by atoms with E-state index in [0.717, 1.165) is 35.3 Å². The predicted octanol–water partition coefficient (Wildman–Crippen LogP) is 2.04. The lowest BCUT2D eigenvalue weighted by atomic mass is 10.2. The molecule has 4 nitrogen and oxygen atoms in total. The average molecular weight is 308 g/mol. The summed E-state index contributed by atoms with van der Waals surface area (Å²) in [5, 5.41) is 3.28. The molecule has 0 spiro atoms. The van der Waals surface area contributed by atoms with Crippen LogP contribution in [0.15, 0.2) is 30.6 Å². The molecular weight excluding hydrogens is 290 g/mol. The maximum Gasteiger partial charge on any atom is 0.284 e. The summed E-state index contributed by atoms with van der Waals surface area (Å²) in [5.41, 5.74) is 2.27. The highest BCUT2D eigenvalue weighted by molar-refractivity contribution is 8.22. The zero-order valence-corrected chi connectivity index (χ0v) is 12.8. The van der Waals surface area contributed by atoms with E-state index in [1.54, 1.807) is 11.8 Å². The minimum atomic E-state index is 0.331. The molecule has 1 unspecified atom stereocenters. The molecule has 2 aromatic heterocycles. The van der Waals surface area contributed by atoms with Gasteiger partial charge in [0.15, 0.2) is 5.69 Å². The molecule has 0 bridgehead atoms. The van der Waals surface area contributed by atoms with Crippen LogP contribution in [-0.4, -0.2) is 28.6 Å². The normalized spacial score (nSPS) is 18.5. The summed E-state index contributed by atoms with van der Waals surface area (Å²) in [6.45, 7) is 1.71. The van der Waals surface area contributed by atoms with Crippen molar-refractivity contribution in [2.75, 3.05) is 13.2 Å². The minimum absolute atomic E-state index is 0.331. The number of thiocarbonyl (C=S) groups is 1. The minimum Gasteiger partial charge on any atom is -0.376 e. The average Bonchev–Trinajstić information content (AvgIpc) is 3.11. The number of hydrogen-bond donors (Lipinski definition) is 2. The third kappa shape index (κ3) is 3.50. The Bertz CT molecular complexity index is 560. The first kappa shape index (κ1) is 13.9. The van der Waals surface area contributed by atoms with E-state index in [0.29, 0.717) is 6.10 Å². The number of aromatic nitrogens is 2. The summed E-state index contributed by atoms with van der Waals surface area (Å²) in [4.78, 5) is 3.38. The van der Waals surface area contributed by atoms with Gasteiger partial charge in [-0.1, -0.05) is 30.0 Å². The molecule has 106 valence electrons. The predicted molar refractivity (Wildman–Crippen MR) is 84.8 cm³/mol. The Balaban J connectivity index is 1.47. The van der Waals surface area contributed by atoms with Gasteiger partial charge in [-0.3, -0.25) is 0 Å². The molecule has 0 aromatic carbocycles. The largest absolute Gasteiger partial charge is 0.376 e. The van der Waals surface area contributed by atoms with E-state index in [2.05, 4.69) is 27.0 Å². The molecule has 6 heteroatoms. The Labute approximate surface area is 127 Å². The molecule has 2 N–H and O–H groups in total. The Morgan fingerprint density at radius 3 is 3.30 bits per heavy atom. The number of imidazole rings is 1. The number of fused-ring (bicyclic) bond motifs is 1. The van der Waals surface area contributed by atoms with Crippen molar-refractivity contribution in [1.82, 2.24) is 10.3 Å². The number of thioether (sulfide) groups is 1. The van der Waals surface area contributed by atoms with Crippen molar-refractivity contribution in [2.45, 2.75) is 24.7 Å². The fourth-order valence-corrected chi connectivity index (χ4v) is 3.19. The van der Waals surface area contributed by atoms with Gasteiger partial charge in [0.1, 0.15) is 10.5 Å². The molecule has 1 aliphatic heterocycles. The zero-order valence-electron chi connectivity index (χ0n) is 11.2. The van der Waals surface area contributed by atoms with E-state index in [1.807, 2.05) is 18.3 Å². The van der Waals surface area contributed by atoms with Crippen molar-refractivity contribution in [3.63, 3.8) is 0 Å². The van der Waals surface area contributed by atoms with Crippen molar-refractivity contribution in [1.29, 1.82) is 0 Å². The first-order chi connectivity index (χ1) is 9.81. The van der Waals surface area contributed by atoms with Crippen LogP contribution in [0.1, 0.15) is 18.5 Å². The van der Waals surface area contributed by atoms with E-state index in [4.69, 9.17) is 17.0 Å². The number of hydrogen-bond acceptors (Lipinski definition) is 3. The van der Waals surface area contributed by atoms with Gasteiger partial charge >= 0.3 is 0 Å². The van der Waals surface area contributed by atoms with Crippen molar-refractivity contribution in [3.8, 4) is 0 Å². The number of ether oxygens (including phenoxy) is 1. The highest BCUT2D eigenvalue weighted by atomic mass is 32.2. The molecule has 0 saturated carbocycles. The van der Waals surface area contributed by atoms with E-state index in [9.17, 15) is 0 Å². The van der Waals surface area contributed by atoms with Gasteiger partial charge in [0, 0.05) is 19.2 Å². The Morgan fingerprint density at radius 1 is 1.55 bits per heavy atom. The zero-order chi connectivity index (χ0) is 13.8. The van der Waals surface area contributed by atoms with Crippen molar-refractivity contribution in [3.05, 3.63) is 36.3 Å². The van der Waals surface area contributed by atoms with Gasteiger partial charge in [-0.2, -0.15) is 0 Å².